The molecular weight excluding hydrogens is 575 g/mol. The number of methoxy groups -OCH3 is 1. The third kappa shape index (κ3) is 7.92. The molecule has 0 saturated carbocycles. The van der Waals surface area contributed by atoms with Crippen LogP contribution in [0.3, 0.4) is 0 Å². The Hall–Kier alpha value is -5.49. The lowest BCUT2D eigenvalue weighted by Crippen LogP contribution is -2.44. The number of nitrogens with zero attached hydrogens (tertiary/aromatic N) is 5. The monoisotopic (exact) mass is 610 g/mol. The van der Waals surface area contributed by atoms with Crippen molar-refractivity contribution in [2.45, 2.75) is 6.54 Å². The number of hydrogen-bond acceptors (Lipinski definition) is 8. The average Bonchev–Trinajstić information content (AvgIpc) is 3.05. The SMILES string of the molecule is C=CC(=O)Nc1cccc(N(C(=O)NCc2cccc(F)c2)c2cc(Nc3ccc(N4CCN(C)CC4)cc3OC)ncn2)c1. The number of carbonyl (C=O) groups is 2. The highest BCUT2D eigenvalue weighted by Gasteiger charge is 2.22. The van der Waals surface area contributed by atoms with Gasteiger partial charge in [0.05, 0.1) is 18.5 Å². The second-order valence-corrected chi connectivity index (χ2v) is 10.4. The summed E-state index contributed by atoms with van der Waals surface area (Å²) >= 11 is 0. The van der Waals surface area contributed by atoms with Gasteiger partial charge in [-0.3, -0.25) is 4.79 Å². The van der Waals surface area contributed by atoms with Crippen molar-refractivity contribution in [3.8, 4) is 5.75 Å². The zero-order valence-electron chi connectivity index (χ0n) is 25.2. The van der Waals surface area contributed by atoms with E-state index in [4.69, 9.17) is 4.74 Å². The fourth-order valence-corrected chi connectivity index (χ4v) is 4.89. The summed E-state index contributed by atoms with van der Waals surface area (Å²) in [7, 11) is 3.73. The van der Waals surface area contributed by atoms with Gasteiger partial charge in [0.1, 0.15) is 29.5 Å². The Balaban J connectivity index is 1.42. The molecule has 1 aromatic heterocycles. The molecule has 3 amide bonds. The zero-order valence-corrected chi connectivity index (χ0v) is 25.2. The molecule has 0 spiro atoms. The molecule has 1 aliphatic rings. The van der Waals surface area contributed by atoms with E-state index in [1.807, 2.05) is 18.2 Å². The van der Waals surface area contributed by atoms with Gasteiger partial charge in [-0.15, -0.1) is 0 Å². The van der Waals surface area contributed by atoms with Crippen LogP contribution in [0.2, 0.25) is 0 Å². The number of aromatic nitrogens is 2. The topological polar surface area (TPSA) is 115 Å². The van der Waals surface area contributed by atoms with E-state index in [2.05, 4.69) is 49.3 Å². The predicted molar refractivity (Wildman–Crippen MR) is 174 cm³/mol. The van der Waals surface area contributed by atoms with Gasteiger partial charge in [-0.05, 0) is 61.2 Å². The van der Waals surface area contributed by atoms with Gasteiger partial charge < -0.3 is 30.5 Å². The molecule has 5 rings (SSSR count). The van der Waals surface area contributed by atoms with Crippen LogP contribution in [0.25, 0.3) is 0 Å². The summed E-state index contributed by atoms with van der Waals surface area (Å²) in [5.41, 5.74) is 3.23. The third-order valence-electron chi connectivity index (χ3n) is 7.29. The standard InChI is InChI=1S/C33H35FN8O3/c1-4-32(43)38-25-9-6-10-27(18-25)42(33(44)35-21-23-7-5-8-24(34)17-23)31-20-30(36-22-37-31)39-28-12-11-26(19-29(28)45-3)41-15-13-40(2)14-16-41/h4-12,17-20,22H,1,13-16,21H2,2-3H3,(H,35,44)(H,38,43)(H,36,37,39). The van der Waals surface area contributed by atoms with Crippen LogP contribution < -0.4 is 30.5 Å². The number of urea groups is 1. The van der Waals surface area contributed by atoms with E-state index in [1.54, 1.807) is 49.6 Å². The quantitative estimate of drug-likeness (QED) is 0.208. The van der Waals surface area contributed by atoms with Crippen LogP contribution in [0.1, 0.15) is 5.56 Å². The number of ether oxygens (including phenoxy) is 1. The van der Waals surface area contributed by atoms with E-state index >= 15 is 0 Å². The molecule has 1 saturated heterocycles. The number of benzene rings is 3. The van der Waals surface area contributed by atoms with E-state index in [9.17, 15) is 14.0 Å². The number of rotatable bonds is 10. The van der Waals surface area contributed by atoms with Gasteiger partial charge in [-0.2, -0.15) is 0 Å². The number of likely N-dealkylation sites (N-methyl/N-ethyl adjacent to an activating group) is 1. The van der Waals surface area contributed by atoms with Crippen molar-refractivity contribution in [2.75, 3.05) is 60.8 Å². The Morgan fingerprint density at radius 2 is 1.82 bits per heavy atom. The molecule has 12 heteroatoms. The molecule has 4 aromatic rings. The smallest absolute Gasteiger partial charge is 0.327 e. The summed E-state index contributed by atoms with van der Waals surface area (Å²) < 4.78 is 19.5. The molecule has 0 unspecified atom stereocenters. The lowest BCUT2D eigenvalue weighted by Gasteiger charge is -2.34. The second-order valence-electron chi connectivity index (χ2n) is 10.4. The van der Waals surface area contributed by atoms with Crippen molar-refractivity contribution >= 4 is 46.3 Å². The summed E-state index contributed by atoms with van der Waals surface area (Å²) in [6, 6.07) is 19.8. The van der Waals surface area contributed by atoms with Crippen LogP contribution in [-0.4, -0.2) is 67.1 Å². The maximum Gasteiger partial charge on any atom is 0.327 e. The molecule has 0 radical (unpaired) electrons. The summed E-state index contributed by atoms with van der Waals surface area (Å²) in [6.07, 6.45) is 2.50. The number of carbonyl (C=O) groups excluding carboxylic acids is 2. The molecule has 3 N–H and O–H groups in total. The van der Waals surface area contributed by atoms with Crippen LogP contribution in [-0.2, 0) is 11.3 Å². The minimum absolute atomic E-state index is 0.0764. The van der Waals surface area contributed by atoms with E-state index in [0.29, 0.717) is 34.2 Å². The molecule has 45 heavy (non-hydrogen) atoms. The van der Waals surface area contributed by atoms with Crippen molar-refractivity contribution in [3.63, 3.8) is 0 Å². The first-order valence-corrected chi connectivity index (χ1v) is 14.4. The fraction of sp³-hybridized carbons (Fsp3) is 0.212. The van der Waals surface area contributed by atoms with Crippen molar-refractivity contribution < 1.29 is 18.7 Å². The molecule has 0 atom stereocenters. The van der Waals surface area contributed by atoms with Crippen molar-refractivity contribution in [1.29, 1.82) is 0 Å². The maximum absolute atomic E-state index is 13.8. The van der Waals surface area contributed by atoms with E-state index in [0.717, 1.165) is 37.9 Å². The van der Waals surface area contributed by atoms with Gasteiger partial charge in [-0.25, -0.2) is 24.1 Å². The number of halogens is 1. The van der Waals surface area contributed by atoms with Gasteiger partial charge >= 0.3 is 6.03 Å². The van der Waals surface area contributed by atoms with Crippen LogP contribution >= 0.6 is 0 Å². The summed E-state index contributed by atoms with van der Waals surface area (Å²) in [4.78, 5) is 40.4. The Kier molecular flexibility index (Phi) is 9.85. The highest BCUT2D eigenvalue weighted by atomic mass is 19.1. The summed E-state index contributed by atoms with van der Waals surface area (Å²) in [5, 5.41) is 8.82. The van der Waals surface area contributed by atoms with Gasteiger partial charge in [0.25, 0.3) is 0 Å². The van der Waals surface area contributed by atoms with E-state index in [1.165, 1.54) is 23.4 Å². The number of nitrogens with one attached hydrogen (secondary N) is 3. The van der Waals surface area contributed by atoms with E-state index in [-0.39, 0.29) is 12.4 Å². The first kappa shape index (κ1) is 31.0. The van der Waals surface area contributed by atoms with Crippen molar-refractivity contribution in [3.05, 3.63) is 103 Å². The van der Waals surface area contributed by atoms with Crippen molar-refractivity contribution in [2.24, 2.45) is 0 Å². The summed E-state index contributed by atoms with van der Waals surface area (Å²) in [5.74, 6) is 0.522. The highest BCUT2D eigenvalue weighted by molar-refractivity contribution is 6.01. The van der Waals surface area contributed by atoms with E-state index < -0.39 is 17.8 Å². The van der Waals surface area contributed by atoms with Gasteiger partial charge in [0.2, 0.25) is 5.91 Å². The Morgan fingerprint density at radius 3 is 2.58 bits per heavy atom. The zero-order chi connectivity index (χ0) is 31.8. The van der Waals surface area contributed by atoms with Crippen LogP contribution in [0.4, 0.5) is 43.6 Å². The van der Waals surface area contributed by atoms with Gasteiger partial charge in [0, 0.05) is 56.2 Å². The Labute approximate surface area is 261 Å². The maximum atomic E-state index is 13.8. The number of hydrogen-bond donors (Lipinski definition) is 3. The number of amides is 3. The molecule has 2 heterocycles. The van der Waals surface area contributed by atoms with Gasteiger partial charge in [-0.1, -0.05) is 24.8 Å². The molecule has 1 fully saturated rings. The Bertz CT molecular complexity index is 1680. The average molecular weight is 611 g/mol. The highest BCUT2D eigenvalue weighted by Crippen LogP contribution is 2.33. The minimum Gasteiger partial charge on any atom is -0.494 e. The predicted octanol–water partition coefficient (Wildman–Crippen LogP) is 5.29. The molecular formula is C33H35FN8O3. The lowest BCUT2D eigenvalue weighted by molar-refractivity contribution is -0.111. The number of anilines is 6. The second kappa shape index (κ2) is 14.3. The van der Waals surface area contributed by atoms with Gasteiger partial charge in [0.15, 0.2) is 0 Å². The minimum atomic E-state index is -0.523. The fourth-order valence-electron chi connectivity index (χ4n) is 4.89. The molecule has 0 aliphatic carbocycles. The van der Waals surface area contributed by atoms with Crippen LogP contribution in [0.5, 0.6) is 5.75 Å². The van der Waals surface area contributed by atoms with Crippen molar-refractivity contribution in [1.82, 2.24) is 20.2 Å². The first-order valence-electron chi connectivity index (χ1n) is 14.4. The molecule has 3 aromatic carbocycles. The largest absolute Gasteiger partial charge is 0.494 e. The molecule has 0 bridgehead atoms. The first-order chi connectivity index (χ1) is 21.8. The molecule has 1 aliphatic heterocycles. The van der Waals surface area contributed by atoms with Crippen LogP contribution in [0.15, 0.2) is 91.8 Å². The normalized spacial score (nSPS) is 13.1. The number of piperazine rings is 1. The van der Waals surface area contributed by atoms with Crippen LogP contribution in [0, 0.1) is 5.82 Å². The molecule has 11 nitrogen and oxygen atoms in total. The summed E-state index contributed by atoms with van der Waals surface area (Å²) in [6.45, 7) is 7.39. The lowest BCUT2D eigenvalue weighted by atomic mass is 10.2. The third-order valence-corrected chi connectivity index (χ3v) is 7.29. The Morgan fingerprint density at radius 1 is 1.02 bits per heavy atom. The molecule has 232 valence electrons.